The molecule has 0 saturated carbocycles. The quantitative estimate of drug-likeness (QED) is 0.495. The second-order valence-corrected chi connectivity index (χ2v) is 5.65. The molecule has 0 aliphatic rings. The Hall–Kier alpha value is -0.350. The fourth-order valence-corrected chi connectivity index (χ4v) is 1.75. The van der Waals surface area contributed by atoms with E-state index < -0.39 is 9.84 Å². The van der Waals surface area contributed by atoms with Gasteiger partial charge in [0.25, 0.3) is 0 Å². The second kappa shape index (κ2) is 8.00. The first-order valence-electron chi connectivity index (χ1n) is 5.09. The molecule has 0 radical (unpaired) electrons. The van der Waals surface area contributed by atoms with Crippen molar-refractivity contribution in [2.24, 2.45) is 0 Å². The molecule has 3 nitrogen and oxygen atoms in total. The second-order valence-electron chi connectivity index (χ2n) is 3.39. The van der Waals surface area contributed by atoms with Crippen molar-refractivity contribution in [2.45, 2.75) is 26.2 Å². The van der Waals surface area contributed by atoms with Crippen LogP contribution in [-0.4, -0.2) is 33.5 Å². The number of hydrogen-bond acceptors (Lipinski definition) is 3. The van der Waals surface area contributed by atoms with Crippen LogP contribution in [-0.2, 0) is 9.84 Å². The molecule has 0 atom stereocenters. The monoisotopic (exact) mass is 219 g/mol. The Morgan fingerprint density at radius 2 is 1.86 bits per heavy atom. The topological polar surface area (TPSA) is 46.2 Å². The molecular weight excluding hydrogens is 198 g/mol. The molecule has 0 saturated heterocycles. The standard InChI is InChI=1S/C10H21NO2S/c1-3-11-9-7-5-4-6-8-10-14(2,12)13/h4-5,11H,3,6-10H2,1-2H3. The van der Waals surface area contributed by atoms with Crippen molar-refractivity contribution in [3.8, 4) is 0 Å². The fraction of sp³-hybridized carbons (Fsp3) is 0.800. The van der Waals surface area contributed by atoms with Crippen LogP contribution in [0.15, 0.2) is 12.2 Å². The highest BCUT2D eigenvalue weighted by molar-refractivity contribution is 7.90. The lowest BCUT2D eigenvalue weighted by Crippen LogP contribution is -2.12. The lowest BCUT2D eigenvalue weighted by molar-refractivity contribution is 0.599. The van der Waals surface area contributed by atoms with Gasteiger partial charge in [-0.25, -0.2) is 8.42 Å². The van der Waals surface area contributed by atoms with Gasteiger partial charge in [-0.1, -0.05) is 19.1 Å². The van der Waals surface area contributed by atoms with E-state index in [-0.39, 0.29) is 0 Å². The molecule has 4 heteroatoms. The van der Waals surface area contributed by atoms with Gasteiger partial charge in [0.15, 0.2) is 0 Å². The van der Waals surface area contributed by atoms with Gasteiger partial charge in [0.05, 0.1) is 5.75 Å². The molecule has 0 heterocycles. The molecule has 0 aliphatic carbocycles. The van der Waals surface area contributed by atoms with E-state index in [1.165, 1.54) is 6.26 Å². The Labute approximate surface area is 87.5 Å². The van der Waals surface area contributed by atoms with Crippen molar-refractivity contribution in [3.63, 3.8) is 0 Å². The summed E-state index contributed by atoms with van der Waals surface area (Å²) in [5, 5.41) is 3.22. The predicted molar refractivity (Wildman–Crippen MR) is 61.2 cm³/mol. The van der Waals surface area contributed by atoms with Crippen LogP contribution in [0.2, 0.25) is 0 Å². The Morgan fingerprint density at radius 3 is 2.43 bits per heavy atom. The van der Waals surface area contributed by atoms with Crippen molar-refractivity contribution >= 4 is 9.84 Å². The first-order chi connectivity index (χ1) is 6.56. The first kappa shape index (κ1) is 13.7. The van der Waals surface area contributed by atoms with Crippen molar-refractivity contribution in [1.29, 1.82) is 0 Å². The Bertz CT molecular complexity index is 245. The minimum atomic E-state index is -2.77. The van der Waals surface area contributed by atoms with Crippen LogP contribution in [0.3, 0.4) is 0 Å². The van der Waals surface area contributed by atoms with E-state index in [1.807, 2.05) is 0 Å². The van der Waals surface area contributed by atoms with E-state index in [0.29, 0.717) is 5.75 Å². The zero-order valence-corrected chi connectivity index (χ0v) is 9.94. The van der Waals surface area contributed by atoms with Gasteiger partial charge in [0, 0.05) is 6.26 Å². The summed E-state index contributed by atoms with van der Waals surface area (Å²) < 4.78 is 21.5. The molecule has 0 spiro atoms. The smallest absolute Gasteiger partial charge is 0.147 e. The van der Waals surface area contributed by atoms with Gasteiger partial charge in [-0.15, -0.1) is 0 Å². The summed E-state index contributed by atoms with van der Waals surface area (Å²) in [6.45, 7) is 4.08. The van der Waals surface area contributed by atoms with Crippen LogP contribution in [0.1, 0.15) is 26.2 Å². The van der Waals surface area contributed by atoms with E-state index in [2.05, 4.69) is 24.4 Å². The van der Waals surface area contributed by atoms with Crippen molar-refractivity contribution in [2.75, 3.05) is 25.1 Å². The molecule has 14 heavy (non-hydrogen) atoms. The first-order valence-corrected chi connectivity index (χ1v) is 7.15. The van der Waals surface area contributed by atoms with Crippen LogP contribution < -0.4 is 5.32 Å². The summed E-state index contributed by atoms with van der Waals surface area (Å²) in [5.74, 6) is 0.296. The summed E-state index contributed by atoms with van der Waals surface area (Å²) in [6.07, 6.45) is 8.05. The van der Waals surface area contributed by atoms with Crippen molar-refractivity contribution in [1.82, 2.24) is 5.32 Å². The van der Waals surface area contributed by atoms with Crippen LogP contribution in [0.4, 0.5) is 0 Å². The Morgan fingerprint density at radius 1 is 1.21 bits per heavy atom. The highest BCUT2D eigenvalue weighted by atomic mass is 32.2. The maximum Gasteiger partial charge on any atom is 0.147 e. The summed E-state index contributed by atoms with van der Waals surface area (Å²) in [5.41, 5.74) is 0. The molecule has 0 unspecified atom stereocenters. The molecule has 0 aromatic heterocycles. The number of unbranched alkanes of at least 4 members (excludes halogenated alkanes) is 1. The third kappa shape index (κ3) is 11.6. The summed E-state index contributed by atoms with van der Waals surface area (Å²) in [4.78, 5) is 0. The van der Waals surface area contributed by atoms with E-state index in [1.54, 1.807) is 0 Å². The molecule has 0 aromatic carbocycles. The third-order valence-electron chi connectivity index (χ3n) is 1.79. The average molecular weight is 219 g/mol. The zero-order valence-electron chi connectivity index (χ0n) is 9.12. The SMILES string of the molecule is CCNCCC=CCCCS(C)(=O)=O. The van der Waals surface area contributed by atoms with Gasteiger partial charge in [0.2, 0.25) is 0 Å². The summed E-state index contributed by atoms with van der Waals surface area (Å²) in [7, 11) is -2.77. The number of sulfone groups is 1. The number of rotatable bonds is 8. The normalized spacial score (nSPS) is 12.4. The number of allylic oxidation sites excluding steroid dienone is 1. The molecule has 0 fully saturated rings. The molecule has 0 bridgehead atoms. The van der Waals surface area contributed by atoms with Crippen LogP contribution in [0.5, 0.6) is 0 Å². The van der Waals surface area contributed by atoms with Gasteiger partial charge in [-0.05, 0) is 32.4 Å². The number of hydrogen-bond donors (Lipinski definition) is 1. The van der Waals surface area contributed by atoms with Crippen molar-refractivity contribution < 1.29 is 8.42 Å². The minimum Gasteiger partial charge on any atom is -0.317 e. The minimum absolute atomic E-state index is 0.296. The van der Waals surface area contributed by atoms with Gasteiger partial charge in [0.1, 0.15) is 9.84 Å². The van der Waals surface area contributed by atoms with Crippen LogP contribution >= 0.6 is 0 Å². The largest absolute Gasteiger partial charge is 0.317 e. The van der Waals surface area contributed by atoms with Crippen molar-refractivity contribution in [3.05, 3.63) is 12.2 Å². The van der Waals surface area contributed by atoms with Crippen LogP contribution in [0, 0.1) is 0 Å². The molecule has 0 amide bonds. The van der Waals surface area contributed by atoms with E-state index in [0.717, 1.165) is 32.4 Å². The van der Waals surface area contributed by atoms with E-state index in [9.17, 15) is 8.42 Å². The Balaban J connectivity index is 3.28. The predicted octanol–water partition coefficient (Wildman–Crippen LogP) is 1.37. The molecule has 0 aromatic rings. The molecule has 0 aliphatic heterocycles. The number of nitrogens with one attached hydrogen (secondary N) is 1. The zero-order chi connectivity index (χ0) is 10.9. The highest BCUT2D eigenvalue weighted by Gasteiger charge is 1.98. The molecular formula is C10H21NO2S. The highest BCUT2D eigenvalue weighted by Crippen LogP contribution is 1.96. The van der Waals surface area contributed by atoms with Gasteiger partial charge in [-0.3, -0.25) is 0 Å². The maximum absolute atomic E-state index is 10.8. The average Bonchev–Trinajstić information content (AvgIpc) is 2.08. The van der Waals surface area contributed by atoms with E-state index >= 15 is 0 Å². The molecule has 0 rings (SSSR count). The maximum atomic E-state index is 10.8. The summed E-state index contributed by atoms with van der Waals surface area (Å²) >= 11 is 0. The van der Waals surface area contributed by atoms with Gasteiger partial charge < -0.3 is 5.32 Å². The van der Waals surface area contributed by atoms with Crippen LogP contribution in [0.25, 0.3) is 0 Å². The summed E-state index contributed by atoms with van der Waals surface area (Å²) in [6, 6.07) is 0. The van der Waals surface area contributed by atoms with Gasteiger partial charge >= 0.3 is 0 Å². The lowest BCUT2D eigenvalue weighted by atomic mass is 10.3. The third-order valence-corrected chi connectivity index (χ3v) is 2.82. The molecule has 84 valence electrons. The Kier molecular flexibility index (Phi) is 7.80. The van der Waals surface area contributed by atoms with E-state index in [4.69, 9.17) is 0 Å². The van der Waals surface area contributed by atoms with Gasteiger partial charge in [-0.2, -0.15) is 0 Å². The lowest BCUT2D eigenvalue weighted by Gasteiger charge is -1.96. The molecule has 1 N–H and O–H groups in total. The fourth-order valence-electron chi connectivity index (χ4n) is 1.06.